The predicted octanol–water partition coefficient (Wildman–Crippen LogP) is 0.412. The first-order valence-corrected chi connectivity index (χ1v) is 8.29. The number of hydrogen-bond acceptors (Lipinski definition) is 5. The van der Waals surface area contributed by atoms with E-state index < -0.39 is 6.23 Å². The summed E-state index contributed by atoms with van der Waals surface area (Å²) in [4.78, 5) is 34.7. The van der Waals surface area contributed by atoms with Crippen LogP contribution in [0.5, 0.6) is 0 Å². The Balaban J connectivity index is 1.63. The van der Waals surface area contributed by atoms with Gasteiger partial charge in [-0.15, -0.1) is 0 Å². The lowest BCUT2D eigenvalue weighted by molar-refractivity contribution is 0.0180. The molecule has 3 aromatic rings. The molecule has 1 aliphatic rings. The van der Waals surface area contributed by atoms with Crippen LogP contribution < -0.4 is 5.56 Å². The van der Waals surface area contributed by atoms with Gasteiger partial charge in [-0.2, -0.15) is 0 Å². The highest BCUT2D eigenvalue weighted by atomic mass is 27.1. The van der Waals surface area contributed by atoms with E-state index in [1.165, 1.54) is 8.45 Å². The van der Waals surface area contributed by atoms with Crippen molar-refractivity contribution >= 4 is 33.5 Å². The highest BCUT2D eigenvalue weighted by Gasteiger charge is 2.34. The number of aliphatic hydroxyl groups excluding tert-OH is 1. The molecule has 2 aromatic heterocycles. The number of pyridine rings is 1. The second kappa shape index (κ2) is 6.08. The molecule has 2 radical (unpaired) electrons. The molecule has 1 unspecified atom stereocenters. The summed E-state index contributed by atoms with van der Waals surface area (Å²) in [6, 6.07) is 10.4. The molecular formula is C17H13AlN4O3. The first-order chi connectivity index (χ1) is 12.1. The minimum Gasteiger partial charge on any atom is -0.410 e. The van der Waals surface area contributed by atoms with Crippen LogP contribution in [-0.4, -0.2) is 52.5 Å². The zero-order chi connectivity index (χ0) is 17.6. The van der Waals surface area contributed by atoms with E-state index in [2.05, 4.69) is 26.5 Å². The summed E-state index contributed by atoms with van der Waals surface area (Å²) in [6.45, 7) is 0.244. The second-order valence-corrected chi connectivity index (χ2v) is 6.30. The second-order valence-electron chi connectivity index (χ2n) is 5.79. The van der Waals surface area contributed by atoms with Gasteiger partial charge in [0.15, 0.2) is 11.9 Å². The Bertz CT molecular complexity index is 1050. The lowest BCUT2D eigenvalue weighted by Crippen LogP contribution is -2.32. The average molecular weight is 348 g/mol. The van der Waals surface area contributed by atoms with Crippen LogP contribution in [0.3, 0.4) is 0 Å². The number of benzene rings is 1. The van der Waals surface area contributed by atoms with Gasteiger partial charge in [0.2, 0.25) is 5.56 Å². The fourth-order valence-electron chi connectivity index (χ4n) is 3.05. The van der Waals surface area contributed by atoms with E-state index in [0.717, 1.165) is 0 Å². The van der Waals surface area contributed by atoms with Crippen LogP contribution in [0.1, 0.15) is 28.0 Å². The molecule has 0 fully saturated rings. The molecule has 0 saturated carbocycles. The van der Waals surface area contributed by atoms with Crippen molar-refractivity contribution < 1.29 is 9.90 Å². The Morgan fingerprint density at radius 2 is 1.96 bits per heavy atom. The molecule has 7 nitrogen and oxygen atoms in total. The van der Waals surface area contributed by atoms with Crippen LogP contribution in [0.4, 0.5) is 0 Å². The lowest BCUT2D eigenvalue weighted by atomic mass is 10.1. The molecule has 25 heavy (non-hydrogen) atoms. The Morgan fingerprint density at radius 3 is 2.76 bits per heavy atom. The number of carbonyl (C=O) groups excluding carboxylic acids is 1. The Morgan fingerprint density at radius 1 is 1.16 bits per heavy atom. The van der Waals surface area contributed by atoms with E-state index in [4.69, 9.17) is 0 Å². The van der Waals surface area contributed by atoms with Crippen LogP contribution in [0.2, 0.25) is 0 Å². The van der Waals surface area contributed by atoms with Gasteiger partial charge in [0.25, 0.3) is 5.91 Å². The molecule has 0 spiro atoms. The highest BCUT2D eigenvalue weighted by Crippen LogP contribution is 2.31. The number of rotatable bonds is 3. The monoisotopic (exact) mass is 348 g/mol. The van der Waals surface area contributed by atoms with E-state index >= 15 is 0 Å². The number of amides is 1. The van der Waals surface area contributed by atoms with Crippen molar-refractivity contribution in [2.75, 3.05) is 6.54 Å². The molecular weight excluding hydrogens is 335 g/mol. The fraction of sp³-hybridized carbons (Fsp3) is 0.176. The van der Waals surface area contributed by atoms with Crippen molar-refractivity contribution in [2.45, 2.75) is 12.6 Å². The van der Waals surface area contributed by atoms with Gasteiger partial charge in [0.05, 0.1) is 11.2 Å². The van der Waals surface area contributed by atoms with Gasteiger partial charge in [-0.3, -0.25) is 9.59 Å². The molecule has 4 rings (SSSR count). The average Bonchev–Trinajstić information content (AvgIpc) is 2.88. The van der Waals surface area contributed by atoms with Crippen LogP contribution in [0, 0.1) is 0 Å². The maximum Gasteiger partial charge on any atom is 0.325 e. The maximum atomic E-state index is 12.5. The number of hydrogen-bond donors (Lipinski definition) is 1. The number of nitrogens with zero attached hydrogens (tertiary/aromatic N) is 4. The molecule has 1 amide bonds. The molecule has 1 N–H and O–H groups in total. The normalized spacial score (nSPS) is 16.4. The van der Waals surface area contributed by atoms with Crippen molar-refractivity contribution in [3.05, 3.63) is 69.9 Å². The molecule has 0 bridgehead atoms. The van der Waals surface area contributed by atoms with Crippen LogP contribution in [0.25, 0.3) is 11.0 Å². The van der Waals surface area contributed by atoms with Gasteiger partial charge in [0, 0.05) is 30.3 Å². The van der Waals surface area contributed by atoms with Gasteiger partial charge in [-0.05, 0) is 18.2 Å². The number of carbonyl (C=O) groups is 1. The molecule has 122 valence electrons. The highest BCUT2D eigenvalue weighted by molar-refractivity contribution is 6.07. The van der Waals surface area contributed by atoms with E-state index in [9.17, 15) is 14.7 Å². The van der Waals surface area contributed by atoms with E-state index in [1.807, 2.05) is 0 Å². The summed E-state index contributed by atoms with van der Waals surface area (Å²) in [5, 5.41) is 10.8. The van der Waals surface area contributed by atoms with Crippen molar-refractivity contribution in [3.63, 3.8) is 0 Å². The van der Waals surface area contributed by atoms with Gasteiger partial charge >= 0.3 is 16.5 Å². The third-order valence-corrected chi connectivity index (χ3v) is 4.88. The number of aromatic nitrogens is 3. The summed E-state index contributed by atoms with van der Waals surface area (Å²) in [5.41, 5.74) is 1.27. The van der Waals surface area contributed by atoms with Crippen molar-refractivity contribution in [2.24, 2.45) is 0 Å². The molecule has 8 heteroatoms. The van der Waals surface area contributed by atoms with Gasteiger partial charge in [-0.1, -0.05) is 18.2 Å². The number of aliphatic hydroxyl groups is 1. The topological polar surface area (TPSA) is 88.3 Å². The maximum absolute atomic E-state index is 12.5. The SMILES string of the molecule is O=C1c2ccccc2C(O)N1CCc1nc2ncccc2c(=O)[n]1[Al]. The first-order valence-electron chi connectivity index (χ1n) is 7.77. The third-order valence-electron chi connectivity index (χ3n) is 4.35. The summed E-state index contributed by atoms with van der Waals surface area (Å²) in [7, 11) is 0. The van der Waals surface area contributed by atoms with Crippen LogP contribution in [-0.2, 0) is 6.42 Å². The Hall–Kier alpha value is -2.53. The van der Waals surface area contributed by atoms with E-state index in [-0.39, 0.29) is 18.0 Å². The zero-order valence-corrected chi connectivity index (χ0v) is 14.3. The van der Waals surface area contributed by atoms with Crippen molar-refractivity contribution in [3.8, 4) is 0 Å². The molecule has 1 aliphatic heterocycles. The third kappa shape index (κ3) is 2.55. The largest absolute Gasteiger partial charge is 0.410 e. The quantitative estimate of drug-likeness (QED) is 0.693. The van der Waals surface area contributed by atoms with Crippen LogP contribution >= 0.6 is 0 Å². The van der Waals surface area contributed by atoms with Crippen molar-refractivity contribution in [1.82, 2.24) is 18.4 Å². The minimum atomic E-state index is -0.980. The standard InChI is InChI=1S/C17H14N4O3.Al/c22-15-12-6-3-8-18-14(12)19-13(20-15)7-9-21-16(23)10-4-1-2-5-11(10)17(21)24;/h1-6,8,16,23H,7,9H2,(H,18,19,20,22);/q;+1/p-1. The van der Waals surface area contributed by atoms with Gasteiger partial charge < -0.3 is 13.6 Å². The smallest absolute Gasteiger partial charge is 0.325 e. The molecule has 3 heterocycles. The summed E-state index contributed by atoms with van der Waals surface area (Å²) >= 11 is 2.34. The molecule has 0 saturated heterocycles. The molecule has 1 atom stereocenters. The number of fused-ring (bicyclic) bond motifs is 2. The zero-order valence-electron chi connectivity index (χ0n) is 13.2. The summed E-state index contributed by atoms with van der Waals surface area (Å²) < 4.78 is 1.38. The Labute approximate surface area is 151 Å². The fourth-order valence-corrected chi connectivity index (χ4v) is 3.37. The first kappa shape index (κ1) is 16.0. The van der Waals surface area contributed by atoms with Crippen LogP contribution in [0.15, 0.2) is 47.4 Å². The van der Waals surface area contributed by atoms with E-state index in [1.54, 1.807) is 42.6 Å². The minimum absolute atomic E-state index is 0.213. The van der Waals surface area contributed by atoms with Crippen molar-refractivity contribution in [1.29, 1.82) is 0 Å². The van der Waals surface area contributed by atoms with Gasteiger partial charge in [0.1, 0.15) is 0 Å². The summed E-state index contributed by atoms with van der Waals surface area (Å²) in [6.07, 6.45) is 0.921. The molecule has 0 aliphatic carbocycles. The molecule has 1 aromatic carbocycles. The predicted molar refractivity (Wildman–Crippen MR) is 91.1 cm³/mol. The lowest BCUT2D eigenvalue weighted by Gasteiger charge is -2.21. The summed E-state index contributed by atoms with van der Waals surface area (Å²) in [5.74, 6) is 0.261. The van der Waals surface area contributed by atoms with E-state index in [0.29, 0.717) is 34.4 Å². The Kier molecular flexibility index (Phi) is 3.88. The van der Waals surface area contributed by atoms with Gasteiger partial charge in [-0.25, -0.2) is 9.97 Å².